The Hall–Kier alpha value is -2.56. The first-order valence-corrected chi connectivity index (χ1v) is 12.3. The van der Waals surface area contributed by atoms with E-state index in [1.807, 2.05) is 11.4 Å². The van der Waals surface area contributed by atoms with Crippen LogP contribution in [0.1, 0.15) is 49.7 Å². The van der Waals surface area contributed by atoms with Gasteiger partial charge in [0.1, 0.15) is 5.82 Å². The fourth-order valence-electron chi connectivity index (χ4n) is 4.51. The molecule has 170 valence electrons. The lowest BCUT2D eigenvalue weighted by molar-refractivity contribution is 0.0854. The molecule has 1 saturated heterocycles. The van der Waals surface area contributed by atoms with Crippen LogP contribution in [0.4, 0.5) is 17.5 Å². The molecule has 4 N–H and O–H groups in total. The van der Waals surface area contributed by atoms with E-state index in [0.29, 0.717) is 30.0 Å². The SMILES string of the molecule is O=C(CC1CCNCC1)n1cc(Nc2nc(NC3CCC(O)CC3)c3sccc3n2)cn1. The number of carbonyl (C=O) groups excluding carboxylic acids is 1. The first-order chi connectivity index (χ1) is 15.6. The molecule has 1 aliphatic heterocycles. The van der Waals surface area contributed by atoms with E-state index < -0.39 is 0 Å². The topological polar surface area (TPSA) is 117 Å². The Labute approximate surface area is 190 Å². The lowest BCUT2D eigenvalue weighted by Crippen LogP contribution is -2.29. The van der Waals surface area contributed by atoms with E-state index in [4.69, 9.17) is 4.98 Å². The van der Waals surface area contributed by atoms with E-state index >= 15 is 0 Å². The summed E-state index contributed by atoms with van der Waals surface area (Å²) in [6.45, 7) is 1.95. The summed E-state index contributed by atoms with van der Waals surface area (Å²) in [6, 6.07) is 2.27. The van der Waals surface area contributed by atoms with Gasteiger partial charge in [-0.3, -0.25) is 4.79 Å². The Balaban J connectivity index is 1.28. The molecule has 0 bridgehead atoms. The van der Waals surface area contributed by atoms with Crippen molar-refractivity contribution in [2.24, 2.45) is 5.92 Å². The van der Waals surface area contributed by atoms with Gasteiger partial charge in [0.25, 0.3) is 0 Å². The number of rotatable bonds is 6. The van der Waals surface area contributed by atoms with E-state index in [2.05, 4.69) is 26.0 Å². The van der Waals surface area contributed by atoms with Gasteiger partial charge in [0.15, 0.2) is 0 Å². The zero-order valence-corrected chi connectivity index (χ0v) is 18.8. The number of aliphatic hydroxyl groups excluding tert-OH is 1. The fourth-order valence-corrected chi connectivity index (χ4v) is 5.29. The predicted molar refractivity (Wildman–Crippen MR) is 126 cm³/mol. The van der Waals surface area contributed by atoms with Crippen LogP contribution < -0.4 is 16.0 Å². The van der Waals surface area contributed by atoms with Gasteiger partial charge in [-0.2, -0.15) is 10.1 Å². The molecule has 0 spiro atoms. The normalized spacial score (nSPS) is 22.2. The largest absolute Gasteiger partial charge is 0.393 e. The number of nitrogens with one attached hydrogen (secondary N) is 3. The van der Waals surface area contributed by atoms with Crippen LogP contribution in [0.2, 0.25) is 0 Å². The highest BCUT2D eigenvalue weighted by Gasteiger charge is 2.22. The molecule has 0 radical (unpaired) electrons. The highest BCUT2D eigenvalue weighted by molar-refractivity contribution is 7.17. The fraction of sp³-hybridized carbons (Fsp3) is 0.545. The summed E-state index contributed by atoms with van der Waals surface area (Å²) >= 11 is 1.61. The Morgan fingerprint density at radius 3 is 2.81 bits per heavy atom. The molecule has 9 nitrogen and oxygen atoms in total. The standard InChI is InChI=1S/C22H29N7O2S/c30-17-3-1-15(2-4-17)25-21-20-18(7-10-32-20)27-22(28-21)26-16-12-24-29(13-16)19(31)11-14-5-8-23-9-6-14/h7,10,12-15,17,23,30H,1-6,8-9,11H2,(H2,25,26,27,28). The number of nitrogens with zero attached hydrogens (tertiary/aromatic N) is 4. The second-order valence-corrected chi connectivity index (χ2v) is 9.69. The van der Waals surface area contributed by atoms with Gasteiger partial charge in [-0.05, 0) is 69.0 Å². The molecule has 2 aliphatic rings. The summed E-state index contributed by atoms with van der Waals surface area (Å²) in [5.74, 6) is 1.71. The van der Waals surface area contributed by atoms with Crippen LogP contribution in [0.15, 0.2) is 23.8 Å². The van der Waals surface area contributed by atoms with Gasteiger partial charge < -0.3 is 21.1 Å². The number of fused-ring (bicyclic) bond motifs is 1. The average Bonchev–Trinajstić information content (AvgIpc) is 3.46. The van der Waals surface area contributed by atoms with Gasteiger partial charge >= 0.3 is 0 Å². The highest BCUT2D eigenvalue weighted by atomic mass is 32.1. The first kappa shape index (κ1) is 21.3. The molecule has 10 heteroatoms. The minimum atomic E-state index is -0.188. The summed E-state index contributed by atoms with van der Waals surface area (Å²) in [5.41, 5.74) is 1.56. The van der Waals surface area contributed by atoms with Crippen molar-refractivity contribution in [3.05, 3.63) is 23.8 Å². The second kappa shape index (κ2) is 9.51. The van der Waals surface area contributed by atoms with Crippen LogP contribution in [0.25, 0.3) is 10.2 Å². The summed E-state index contributed by atoms with van der Waals surface area (Å²) in [6.07, 6.45) is 9.20. The summed E-state index contributed by atoms with van der Waals surface area (Å²) in [5, 5.41) is 26.1. The Morgan fingerprint density at radius 2 is 2.00 bits per heavy atom. The third kappa shape index (κ3) is 4.92. The number of anilines is 3. The monoisotopic (exact) mass is 455 g/mol. The molecule has 0 atom stereocenters. The van der Waals surface area contributed by atoms with E-state index in [1.54, 1.807) is 23.7 Å². The third-order valence-electron chi connectivity index (χ3n) is 6.36. The molecule has 0 unspecified atom stereocenters. The molecule has 32 heavy (non-hydrogen) atoms. The molecule has 1 aliphatic carbocycles. The van der Waals surface area contributed by atoms with Crippen LogP contribution in [0.5, 0.6) is 0 Å². The molecule has 0 aromatic carbocycles. The van der Waals surface area contributed by atoms with Crippen LogP contribution in [0, 0.1) is 5.92 Å². The van der Waals surface area contributed by atoms with Gasteiger partial charge in [-0.1, -0.05) is 0 Å². The Kier molecular flexibility index (Phi) is 6.33. The van der Waals surface area contributed by atoms with Gasteiger partial charge in [0, 0.05) is 12.5 Å². The molecular formula is C22H29N7O2S. The van der Waals surface area contributed by atoms with Gasteiger partial charge in [-0.15, -0.1) is 11.3 Å². The van der Waals surface area contributed by atoms with Gasteiger partial charge in [-0.25, -0.2) is 9.67 Å². The zero-order valence-electron chi connectivity index (χ0n) is 18.0. The molecule has 1 saturated carbocycles. The maximum Gasteiger partial charge on any atom is 0.247 e. The van der Waals surface area contributed by atoms with Gasteiger partial charge in [0.2, 0.25) is 11.9 Å². The minimum Gasteiger partial charge on any atom is -0.393 e. The van der Waals surface area contributed by atoms with Crippen LogP contribution in [0.3, 0.4) is 0 Å². The predicted octanol–water partition coefficient (Wildman–Crippen LogP) is 3.38. The number of piperidine rings is 1. The van der Waals surface area contributed by atoms with Gasteiger partial charge in [0.05, 0.1) is 34.4 Å². The van der Waals surface area contributed by atoms with Crippen molar-refractivity contribution in [2.45, 2.75) is 57.1 Å². The second-order valence-electron chi connectivity index (χ2n) is 8.77. The average molecular weight is 456 g/mol. The van der Waals surface area contributed by atoms with Crippen molar-refractivity contribution in [1.29, 1.82) is 0 Å². The zero-order chi connectivity index (χ0) is 21.9. The number of hydrogen-bond acceptors (Lipinski definition) is 9. The minimum absolute atomic E-state index is 0.0148. The van der Waals surface area contributed by atoms with E-state index in [9.17, 15) is 9.90 Å². The number of thiophene rings is 1. The number of hydrogen-bond donors (Lipinski definition) is 4. The lowest BCUT2D eigenvalue weighted by atomic mass is 9.93. The smallest absolute Gasteiger partial charge is 0.247 e. The number of carbonyl (C=O) groups is 1. The van der Waals surface area contributed by atoms with Crippen molar-refractivity contribution in [2.75, 3.05) is 23.7 Å². The quantitative estimate of drug-likeness (QED) is 0.447. The van der Waals surface area contributed by atoms with Crippen LogP contribution in [-0.4, -0.2) is 56.0 Å². The number of aliphatic hydroxyl groups is 1. The first-order valence-electron chi connectivity index (χ1n) is 11.4. The van der Waals surface area contributed by atoms with E-state index in [-0.39, 0.29) is 12.0 Å². The maximum atomic E-state index is 12.6. The van der Waals surface area contributed by atoms with Crippen LogP contribution >= 0.6 is 11.3 Å². The molecule has 3 aromatic heterocycles. The maximum absolute atomic E-state index is 12.6. The summed E-state index contributed by atoms with van der Waals surface area (Å²) in [7, 11) is 0. The molecular weight excluding hydrogens is 426 g/mol. The highest BCUT2D eigenvalue weighted by Crippen LogP contribution is 2.31. The molecule has 5 rings (SSSR count). The van der Waals surface area contributed by atoms with E-state index in [1.165, 1.54) is 4.68 Å². The molecule has 0 amide bonds. The summed E-state index contributed by atoms with van der Waals surface area (Å²) < 4.78 is 2.44. The molecule has 3 aromatic rings. The van der Waals surface area contributed by atoms with Crippen molar-refractivity contribution in [3.63, 3.8) is 0 Å². The van der Waals surface area contributed by atoms with Crippen molar-refractivity contribution >= 4 is 44.9 Å². The van der Waals surface area contributed by atoms with Crippen molar-refractivity contribution in [1.82, 2.24) is 25.1 Å². The Bertz CT molecular complexity index is 1070. The Morgan fingerprint density at radius 1 is 1.19 bits per heavy atom. The van der Waals surface area contributed by atoms with Crippen LogP contribution in [-0.2, 0) is 0 Å². The van der Waals surface area contributed by atoms with Crippen molar-refractivity contribution < 1.29 is 9.90 Å². The van der Waals surface area contributed by atoms with Crippen molar-refractivity contribution in [3.8, 4) is 0 Å². The lowest BCUT2D eigenvalue weighted by Gasteiger charge is -2.26. The number of aromatic nitrogens is 4. The summed E-state index contributed by atoms with van der Waals surface area (Å²) in [4.78, 5) is 22.0. The van der Waals surface area contributed by atoms with E-state index in [0.717, 1.165) is 67.6 Å². The molecule has 4 heterocycles. The molecule has 2 fully saturated rings. The third-order valence-corrected chi connectivity index (χ3v) is 7.27.